The van der Waals surface area contributed by atoms with E-state index in [1.165, 1.54) is 0 Å². The number of aromatic nitrogens is 2. The molecule has 3 rings (SSSR count). The van der Waals surface area contributed by atoms with Gasteiger partial charge in [-0.15, -0.1) is 0 Å². The predicted octanol–water partition coefficient (Wildman–Crippen LogP) is 0.140. The molecule has 0 saturated carbocycles. The van der Waals surface area contributed by atoms with Crippen LogP contribution in [-0.2, 0) is 9.59 Å². The molecule has 1 aliphatic rings. The number of nitrogens with two attached hydrogens (primary N) is 1. The number of amides is 1. The first-order chi connectivity index (χ1) is 16.6. The van der Waals surface area contributed by atoms with E-state index >= 15 is 0 Å². The summed E-state index contributed by atoms with van der Waals surface area (Å²) in [7, 11) is 0. The fourth-order valence-corrected chi connectivity index (χ4v) is 3.93. The van der Waals surface area contributed by atoms with Crippen LogP contribution in [0.25, 0.3) is 0 Å². The summed E-state index contributed by atoms with van der Waals surface area (Å²) in [4.78, 5) is 55.6. The maximum Gasteiger partial charge on any atom is 0.326 e. The van der Waals surface area contributed by atoms with Crippen molar-refractivity contribution in [2.24, 2.45) is 0 Å². The molecule has 2 unspecified atom stereocenters. The minimum Gasteiger partial charge on any atom is -0.481 e. The summed E-state index contributed by atoms with van der Waals surface area (Å²) >= 11 is 0. The second kappa shape index (κ2) is 12.8. The summed E-state index contributed by atoms with van der Waals surface area (Å²) in [5, 5.41) is 26.7. The van der Waals surface area contributed by atoms with Gasteiger partial charge in [-0.05, 0) is 44.5 Å². The first-order valence-corrected chi connectivity index (χ1v) is 11.1. The first kappa shape index (κ1) is 29.2. The van der Waals surface area contributed by atoms with Crippen molar-refractivity contribution in [3.8, 4) is 0 Å². The second-order valence-electron chi connectivity index (χ2n) is 8.44. The van der Waals surface area contributed by atoms with Crippen LogP contribution in [0.5, 0.6) is 0 Å². The Bertz CT molecular complexity index is 1150. The molecule has 0 saturated heterocycles. The number of nitrogen functional groups attached to an aromatic ring is 1. The van der Waals surface area contributed by atoms with Crippen LogP contribution in [0.3, 0.4) is 0 Å². The Kier molecular flexibility index (Phi) is 10.4. The zero-order chi connectivity index (χ0) is 25.7. The van der Waals surface area contributed by atoms with E-state index in [1.54, 1.807) is 24.3 Å². The molecule has 1 amide bonds. The van der Waals surface area contributed by atoms with Gasteiger partial charge >= 0.3 is 11.9 Å². The number of anilines is 4. The standard InChI is InChI=1S/C22H29N7O6.Ca/c1-11(2)29-14(10-25-18-17(29)20(33)28-22(23)27-18)9-24-13-5-3-12(4-6-13)19(32)26-15(21(34)35)7-8-16(30)31;/h3-6,11,14-15,24H,7-10H2,1-2H3,(H,26,32)(H,30,31)(H,34,35)(H4,23,25,27,28,33);. The SMILES string of the molecule is CC(C)N1c2c(nc(N)[nH]c2=O)NCC1CNc1ccc(C(=O)NC(CCC(=O)O)C(=O)O)cc1.[Ca]. The van der Waals surface area contributed by atoms with Gasteiger partial charge in [-0.25, -0.2) is 4.79 Å². The third-order valence-electron chi connectivity index (χ3n) is 5.57. The molecule has 14 heteroatoms. The van der Waals surface area contributed by atoms with Gasteiger partial charge in [0, 0.05) is 74.5 Å². The Morgan fingerprint density at radius 2 is 1.89 bits per heavy atom. The van der Waals surface area contributed by atoms with Gasteiger partial charge in [-0.2, -0.15) is 4.98 Å². The van der Waals surface area contributed by atoms with E-state index in [9.17, 15) is 24.3 Å². The van der Waals surface area contributed by atoms with Crippen molar-refractivity contribution in [2.75, 3.05) is 34.4 Å². The number of H-pyrrole nitrogens is 1. The van der Waals surface area contributed by atoms with Gasteiger partial charge in [0.05, 0.1) is 6.04 Å². The molecule has 2 atom stereocenters. The summed E-state index contributed by atoms with van der Waals surface area (Å²) in [5.41, 5.74) is 6.72. The van der Waals surface area contributed by atoms with Crippen LogP contribution in [0.2, 0.25) is 0 Å². The molecule has 0 aliphatic carbocycles. The number of aromatic amines is 1. The van der Waals surface area contributed by atoms with E-state index in [0.717, 1.165) is 5.69 Å². The third-order valence-corrected chi connectivity index (χ3v) is 5.57. The van der Waals surface area contributed by atoms with Gasteiger partial charge in [0.1, 0.15) is 11.7 Å². The number of fused-ring (bicyclic) bond motifs is 1. The Balaban J connectivity index is 0.00000456. The molecular weight excluding hydrogens is 498 g/mol. The molecule has 36 heavy (non-hydrogen) atoms. The molecule has 13 nitrogen and oxygen atoms in total. The molecule has 0 spiro atoms. The number of carboxylic acids is 2. The molecule has 0 bridgehead atoms. The number of hydrogen-bond donors (Lipinski definition) is 7. The average molecular weight is 528 g/mol. The maximum atomic E-state index is 12.5. The van der Waals surface area contributed by atoms with E-state index in [0.29, 0.717) is 24.6 Å². The molecule has 0 fully saturated rings. The minimum absolute atomic E-state index is 0. The van der Waals surface area contributed by atoms with Gasteiger partial charge in [-0.3, -0.25) is 19.4 Å². The molecule has 190 valence electrons. The monoisotopic (exact) mass is 527 g/mol. The van der Waals surface area contributed by atoms with Crippen molar-refractivity contribution in [3.63, 3.8) is 0 Å². The van der Waals surface area contributed by atoms with Crippen LogP contribution in [-0.4, -0.2) is 107 Å². The van der Waals surface area contributed by atoms with Crippen molar-refractivity contribution in [1.82, 2.24) is 15.3 Å². The Hall–Kier alpha value is -3.03. The number of carbonyl (C=O) groups is 3. The first-order valence-electron chi connectivity index (χ1n) is 11.1. The summed E-state index contributed by atoms with van der Waals surface area (Å²) in [6.07, 6.45) is -0.588. The van der Waals surface area contributed by atoms with Crippen molar-refractivity contribution in [2.45, 2.75) is 44.8 Å². The predicted molar refractivity (Wildman–Crippen MR) is 136 cm³/mol. The molecular formula is C22H29CaN7O6. The van der Waals surface area contributed by atoms with Crippen LogP contribution in [0.4, 0.5) is 23.1 Å². The molecule has 2 radical (unpaired) electrons. The quantitative estimate of drug-likeness (QED) is 0.207. The molecule has 1 aliphatic heterocycles. The summed E-state index contributed by atoms with van der Waals surface area (Å²) < 4.78 is 0. The van der Waals surface area contributed by atoms with Gasteiger partial charge < -0.3 is 36.8 Å². The van der Waals surface area contributed by atoms with E-state index in [4.69, 9.17) is 10.8 Å². The maximum absolute atomic E-state index is 12.5. The van der Waals surface area contributed by atoms with Crippen LogP contribution in [0.1, 0.15) is 37.0 Å². The number of aliphatic carboxylic acids is 2. The Labute approximate surface area is 236 Å². The zero-order valence-corrected chi connectivity index (χ0v) is 22.3. The summed E-state index contributed by atoms with van der Waals surface area (Å²) in [6, 6.07) is 5.08. The molecule has 1 aromatic heterocycles. The van der Waals surface area contributed by atoms with Crippen LogP contribution >= 0.6 is 0 Å². The third kappa shape index (κ3) is 7.24. The van der Waals surface area contributed by atoms with Crippen molar-refractivity contribution in [3.05, 3.63) is 40.2 Å². The van der Waals surface area contributed by atoms with Crippen molar-refractivity contribution < 1.29 is 24.6 Å². The Morgan fingerprint density at radius 3 is 2.47 bits per heavy atom. The number of benzene rings is 1. The molecule has 1 aromatic carbocycles. The number of carboxylic acid groups (broad SMARTS) is 2. The molecule has 2 aromatic rings. The number of hydrogen-bond acceptors (Lipinski definition) is 9. The van der Waals surface area contributed by atoms with Crippen LogP contribution in [0, 0.1) is 0 Å². The van der Waals surface area contributed by atoms with E-state index < -0.39 is 23.9 Å². The summed E-state index contributed by atoms with van der Waals surface area (Å²) in [5.74, 6) is -2.57. The zero-order valence-electron chi connectivity index (χ0n) is 20.1. The fourth-order valence-electron chi connectivity index (χ4n) is 3.93. The average Bonchev–Trinajstić information content (AvgIpc) is 2.79. The van der Waals surface area contributed by atoms with Gasteiger partial charge in [0.2, 0.25) is 5.95 Å². The number of rotatable bonds is 10. The van der Waals surface area contributed by atoms with Crippen molar-refractivity contribution >= 4 is 78.7 Å². The smallest absolute Gasteiger partial charge is 0.326 e. The van der Waals surface area contributed by atoms with E-state index in [1.807, 2.05) is 18.7 Å². The Morgan fingerprint density at radius 1 is 1.22 bits per heavy atom. The normalized spacial score (nSPS) is 15.2. The topological polar surface area (TPSA) is 203 Å². The van der Waals surface area contributed by atoms with Gasteiger partial charge in [-0.1, -0.05) is 0 Å². The minimum atomic E-state index is -1.30. The molecule has 8 N–H and O–H groups in total. The van der Waals surface area contributed by atoms with Crippen molar-refractivity contribution in [1.29, 1.82) is 0 Å². The largest absolute Gasteiger partial charge is 0.481 e. The number of nitrogens with one attached hydrogen (secondary N) is 4. The van der Waals surface area contributed by atoms with Crippen LogP contribution in [0.15, 0.2) is 29.1 Å². The van der Waals surface area contributed by atoms with Crippen LogP contribution < -0.4 is 32.1 Å². The summed E-state index contributed by atoms with van der Waals surface area (Å²) in [6.45, 7) is 4.97. The van der Waals surface area contributed by atoms with Gasteiger partial charge in [0.25, 0.3) is 11.5 Å². The second-order valence-corrected chi connectivity index (χ2v) is 8.44. The fraction of sp³-hybridized carbons (Fsp3) is 0.409. The van der Waals surface area contributed by atoms with E-state index in [2.05, 4.69) is 25.9 Å². The van der Waals surface area contributed by atoms with E-state index in [-0.39, 0.29) is 79.7 Å². The molecule has 2 heterocycles. The van der Waals surface area contributed by atoms with Gasteiger partial charge in [0.15, 0.2) is 5.82 Å². The number of nitrogens with zero attached hydrogens (tertiary/aromatic N) is 2. The number of carbonyl (C=O) groups excluding carboxylic acids is 1.